The van der Waals surface area contributed by atoms with Crippen molar-refractivity contribution in [2.75, 3.05) is 10.8 Å². The van der Waals surface area contributed by atoms with Crippen molar-refractivity contribution in [2.24, 2.45) is 12.1 Å². The van der Waals surface area contributed by atoms with E-state index in [-0.39, 0.29) is 4.90 Å². The van der Waals surface area contributed by atoms with E-state index in [1.54, 1.807) is 0 Å². The minimum Gasteiger partial charge on any atom is -0.318 e. The highest BCUT2D eigenvalue weighted by Gasteiger charge is 2.28. The van der Waals surface area contributed by atoms with Gasteiger partial charge in [-0.2, -0.15) is 0 Å². The molecule has 0 saturated heterocycles. The molecule has 4 aromatic rings. The maximum absolute atomic E-state index is 13.3. The summed E-state index contributed by atoms with van der Waals surface area (Å²) in [5.41, 5.74) is 5.68. The number of rotatable bonds is 4. The van der Waals surface area contributed by atoms with Gasteiger partial charge in [0.25, 0.3) is 15.9 Å². The van der Waals surface area contributed by atoms with Gasteiger partial charge in [-0.3, -0.25) is 9.10 Å². The molecule has 168 valence electrons. The first-order valence-electron chi connectivity index (χ1n) is 10.5. The van der Waals surface area contributed by atoms with Gasteiger partial charge in [0.2, 0.25) is 4.80 Å². The Morgan fingerprint density at radius 3 is 2.52 bits per heavy atom. The number of aromatic nitrogens is 1. The fraction of sp³-hybridized carbons (Fsp3) is 0.167. The molecule has 3 aromatic carbocycles. The summed E-state index contributed by atoms with van der Waals surface area (Å²) >= 11 is 1.47. The van der Waals surface area contributed by atoms with Crippen molar-refractivity contribution in [3.63, 3.8) is 0 Å². The molecule has 1 amide bonds. The first-order chi connectivity index (χ1) is 15.9. The molecule has 1 aliphatic heterocycles. The summed E-state index contributed by atoms with van der Waals surface area (Å²) in [6.45, 7) is 0.437. The Morgan fingerprint density at radius 2 is 1.73 bits per heavy atom. The van der Waals surface area contributed by atoms with Gasteiger partial charge in [0.15, 0.2) is 0 Å². The number of anilines is 1. The van der Waals surface area contributed by atoms with E-state index in [2.05, 4.69) is 10.5 Å². The number of hydrogen-bond donors (Lipinski definition) is 1. The minimum atomic E-state index is -3.72. The molecule has 2 heterocycles. The Kier molecular flexibility index (Phi) is 5.51. The third-order valence-corrected chi connectivity index (χ3v) is 8.68. The molecule has 1 aliphatic rings. The quantitative estimate of drug-likeness (QED) is 0.455. The number of thiazole rings is 1. The third kappa shape index (κ3) is 3.94. The Labute approximate surface area is 195 Å². The first-order valence-corrected chi connectivity index (χ1v) is 12.8. The number of sulfonamides is 1. The molecule has 0 bridgehead atoms. The molecule has 0 unspecified atom stereocenters. The zero-order valence-electron chi connectivity index (χ0n) is 17.9. The fourth-order valence-corrected chi connectivity index (χ4v) is 6.53. The van der Waals surface area contributed by atoms with E-state index in [0.29, 0.717) is 16.9 Å². The molecule has 1 N–H and O–H groups in total. The number of amides is 1. The van der Waals surface area contributed by atoms with E-state index in [1.165, 1.54) is 39.9 Å². The molecule has 1 aromatic heterocycles. The average Bonchev–Trinajstić information content (AvgIpc) is 3.17. The fourth-order valence-electron chi connectivity index (χ4n) is 4.01. The Balaban J connectivity index is 1.37. The van der Waals surface area contributed by atoms with Crippen molar-refractivity contribution in [2.45, 2.75) is 17.7 Å². The average molecular weight is 479 g/mol. The lowest BCUT2D eigenvalue weighted by Gasteiger charge is -2.30. The molecule has 0 atom stereocenters. The standard InChI is InChI=1S/C24H22N4O3S2/c1-27-21-10-4-5-11-22(21)32-24(27)26-25-23(29)18-12-14-19(15-13-18)33(30,31)28-16-6-8-17-7-2-3-9-20(17)28/h2-5,7,9-15H,6,8,16H2,1H3,(H,25,29)/b26-24-. The van der Waals surface area contributed by atoms with Gasteiger partial charge in [-0.1, -0.05) is 41.7 Å². The third-order valence-electron chi connectivity index (χ3n) is 5.74. The number of benzene rings is 3. The minimum absolute atomic E-state index is 0.156. The lowest BCUT2D eigenvalue weighted by molar-refractivity contribution is 0.0953. The number of aryl methyl sites for hydroxylation is 2. The van der Waals surface area contributed by atoms with Crippen LogP contribution in [0.1, 0.15) is 22.3 Å². The zero-order chi connectivity index (χ0) is 23.0. The van der Waals surface area contributed by atoms with Crippen molar-refractivity contribution in [1.29, 1.82) is 0 Å². The van der Waals surface area contributed by atoms with Crippen LogP contribution in [0.15, 0.2) is 82.8 Å². The number of hydrogen-bond acceptors (Lipinski definition) is 5. The molecule has 33 heavy (non-hydrogen) atoms. The van der Waals surface area contributed by atoms with Gasteiger partial charge in [0.1, 0.15) is 0 Å². The van der Waals surface area contributed by atoms with Gasteiger partial charge in [0, 0.05) is 19.2 Å². The molecule has 0 spiro atoms. The van der Waals surface area contributed by atoms with E-state index in [0.717, 1.165) is 34.3 Å². The van der Waals surface area contributed by atoms with Gasteiger partial charge < -0.3 is 4.57 Å². The van der Waals surface area contributed by atoms with Gasteiger partial charge in [0.05, 0.1) is 20.8 Å². The predicted octanol–water partition coefficient (Wildman–Crippen LogP) is 3.63. The van der Waals surface area contributed by atoms with Crippen molar-refractivity contribution in [1.82, 2.24) is 9.99 Å². The molecule has 0 saturated carbocycles. The van der Waals surface area contributed by atoms with Crippen LogP contribution in [0.2, 0.25) is 0 Å². The molecule has 0 fully saturated rings. The first kappa shape index (κ1) is 21.4. The molecule has 0 radical (unpaired) electrons. The molecular formula is C24H22N4O3S2. The second-order valence-corrected chi connectivity index (χ2v) is 10.7. The van der Waals surface area contributed by atoms with Crippen molar-refractivity contribution in [3.8, 4) is 0 Å². The number of carbonyl (C=O) groups excluding carboxylic acids is 1. The van der Waals surface area contributed by atoms with E-state index in [9.17, 15) is 13.2 Å². The van der Waals surface area contributed by atoms with Gasteiger partial charge in [-0.25, -0.2) is 13.8 Å². The molecule has 9 heteroatoms. The zero-order valence-corrected chi connectivity index (χ0v) is 19.6. The number of carbonyl (C=O) groups is 1. The van der Waals surface area contributed by atoms with Crippen LogP contribution in [0, 0.1) is 0 Å². The summed E-state index contributed by atoms with van der Waals surface area (Å²) in [5.74, 6) is -0.403. The molecule has 7 nitrogen and oxygen atoms in total. The predicted molar refractivity (Wildman–Crippen MR) is 130 cm³/mol. The number of nitrogens with zero attached hydrogens (tertiary/aromatic N) is 3. The van der Waals surface area contributed by atoms with Crippen LogP contribution < -0.4 is 14.5 Å². The summed E-state index contributed by atoms with van der Waals surface area (Å²) in [4.78, 5) is 13.4. The molecular weight excluding hydrogens is 456 g/mol. The lowest BCUT2D eigenvalue weighted by Crippen LogP contribution is -2.35. The highest BCUT2D eigenvalue weighted by Crippen LogP contribution is 2.31. The summed E-state index contributed by atoms with van der Waals surface area (Å²) in [6, 6.07) is 21.4. The number of para-hydroxylation sites is 2. The van der Waals surface area contributed by atoms with Crippen molar-refractivity contribution < 1.29 is 13.2 Å². The number of nitrogens with one attached hydrogen (secondary N) is 1. The normalized spacial score (nSPS) is 14.3. The second-order valence-electron chi connectivity index (χ2n) is 7.80. The topological polar surface area (TPSA) is 83.8 Å². The highest BCUT2D eigenvalue weighted by molar-refractivity contribution is 7.92. The largest absolute Gasteiger partial charge is 0.318 e. The van der Waals surface area contributed by atoms with Crippen molar-refractivity contribution in [3.05, 3.63) is 88.7 Å². The van der Waals surface area contributed by atoms with E-state index in [4.69, 9.17) is 0 Å². The lowest BCUT2D eigenvalue weighted by atomic mass is 10.0. The van der Waals surface area contributed by atoms with Crippen LogP contribution in [0.5, 0.6) is 0 Å². The summed E-state index contributed by atoms with van der Waals surface area (Å²) in [6.07, 6.45) is 1.63. The van der Waals surface area contributed by atoms with Crippen LogP contribution in [-0.4, -0.2) is 25.4 Å². The maximum Gasteiger partial charge on any atom is 0.271 e. The van der Waals surface area contributed by atoms with E-state index < -0.39 is 15.9 Å². The van der Waals surface area contributed by atoms with Crippen molar-refractivity contribution >= 4 is 43.2 Å². The van der Waals surface area contributed by atoms with E-state index in [1.807, 2.05) is 60.1 Å². The highest BCUT2D eigenvalue weighted by atomic mass is 32.2. The SMILES string of the molecule is Cn1/c(=N/NC(=O)c2ccc(S(=O)(=O)N3CCCc4ccccc43)cc2)sc2ccccc21. The van der Waals surface area contributed by atoms with Crippen LogP contribution >= 0.6 is 11.3 Å². The van der Waals surface area contributed by atoms with E-state index >= 15 is 0 Å². The van der Waals surface area contributed by atoms with Gasteiger partial charge in [-0.05, 0) is 60.9 Å². The van der Waals surface area contributed by atoms with Gasteiger partial charge >= 0.3 is 0 Å². The number of fused-ring (bicyclic) bond motifs is 2. The maximum atomic E-state index is 13.3. The summed E-state index contributed by atoms with van der Waals surface area (Å²) < 4.78 is 31.0. The summed E-state index contributed by atoms with van der Waals surface area (Å²) in [7, 11) is -1.83. The van der Waals surface area contributed by atoms with Gasteiger partial charge in [-0.15, -0.1) is 5.10 Å². The van der Waals surface area contributed by atoms with Crippen LogP contribution in [0.25, 0.3) is 10.2 Å². The van der Waals surface area contributed by atoms with Crippen LogP contribution in [-0.2, 0) is 23.5 Å². The Bertz CT molecular complexity index is 1520. The Morgan fingerprint density at radius 1 is 1.00 bits per heavy atom. The molecule has 0 aliphatic carbocycles. The summed E-state index contributed by atoms with van der Waals surface area (Å²) in [5, 5.41) is 4.24. The smallest absolute Gasteiger partial charge is 0.271 e. The van der Waals surface area contributed by atoms with Crippen LogP contribution in [0.4, 0.5) is 5.69 Å². The second kappa shape index (κ2) is 8.49. The molecule has 5 rings (SSSR count). The Hall–Kier alpha value is -3.43. The monoisotopic (exact) mass is 478 g/mol. The van der Waals surface area contributed by atoms with Crippen LogP contribution in [0.3, 0.4) is 0 Å².